The lowest BCUT2D eigenvalue weighted by atomic mass is 9.89. The topological polar surface area (TPSA) is 242 Å². The summed E-state index contributed by atoms with van der Waals surface area (Å²) in [6.45, 7) is 2.37. The Morgan fingerprint density at radius 1 is 1.11 bits per heavy atom. The summed E-state index contributed by atoms with van der Waals surface area (Å²) in [6, 6.07) is 8.51. The van der Waals surface area contributed by atoms with Crippen LogP contribution in [0.15, 0.2) is 58.2 Å². The van der Waals surface area contributed by atoms with E-state index < -0.39 is 52.3 Å². The van der Waals surface area contributed by atoms with Gasteiger partial charge in [0.05, 0.1) is 53.6 Å². The maximum absolute atomic E-state index is 13.7. The van der Waals surface area contributed by atoms with Crippen molar-refractivity contribution in [3.63, 3.8) is 0 Å². The van der Waals surface area contributed by atoms with Crippen LogP contribution in [-0.4, -0.2) is 114 Å². The minimum absolute atomic E-state index is 0.000220. The van der Waals surface area contributed by atoms with E-state index in [9.17, 15) is 44.4 Å². The van der Waals surface area contributed by atoms with Crippen molar-refractivity contribution in [2.24, 2.45) is 11.1 Å². The molecule has 2 amide bonds. The number of oxime groups is 1. The van der Waals surface area contributed by atoms with Gasteiger partial charge < -0.3 is 40.8 Å². The number of nitrogen functional groups attached to an aromatic ring is 1. The number of aromatic carboxylic acids is 1. The number of ketones is 1. The van der Waals surface area contributed by atoms with Crippen LogP contribution in [0.2, 0.25) is 5.02 Å². The van der Waals surface area contributed by atoms with Gasteiger partial charge in [0.25, 0.3) is 5.91 Å². The second kappa shape index (κ2) is 16.1. The van der Waals surface area contributed by atoms with Crippen LogP contribution in [0.3, 0.4) is 0 Å². The van der Waals surface area contributed by atoms with E-state index in [2.05, 4.69) is 15.5 Å². The molecule has 1 aromatic heterocycles. The van der Waals surface area contributed by atoms with Gasteiger partial charge in [0.1, 0.15) is 24.5 Å². The van der Waals surface area contributed by atoms with Crippen LogP contribution in [0.4, 0.5) is 5.13 Å². The van der Waals surface area contributed by atoms with E-state index >= 15 is 0 Å². The Morgan fingerprint density at radius 3 is 2.56 bits per heavy atom. The molecule has 2 atom stereocenters. The molecule has 3 aliphatic rings. The van der Waals surface area contributed by atoms with Crippen molar-refractivity contribution in [3.8, 4) is 11.5 Å². The Hall–Kier alpha value is -5.17. The van der Waals surface area contributed by atoms with Gasteiger partial charge in [-0.15, -0.1) is 23.1 Å². The lowest BCUT2D eigenvalue weighted by molar-refractivity contribution is -0.911. The number of rotatable bonds is 15. The van der Waals surface area contributed by atoms with Crippen molar-refractivity contribution >= 4 is 75.1 Å². The van der Waals surface area contributed by atoms with Gasteiger partial charge in [-0.05, 0) is 29.8 Å². The molecule has 4 heterocycles. The van der Waals surface area contributed by atoms with E-state index in [1.54, 1.807) is 12.1 Å². The third-order valence-corrected chi connectivity index (χ3v) is 12.1. The molecule has 284 valence electrons. The molecule has 19 heteroatoms. The molecule has 0 bridgehead atoms. The number of amides is 2. The van der Waals surface area contributed by atoms with Gasteiger partial charge in [0.2, 0.25) is 5.91 Å². The van der Waals surface area contributed by atoms with Crippen LogP contribution in [0.25, 0.3) is 0 Å². The monoisotopic (exact) mass is 799 g/mol. The summed E-state index contributed by atoms with van der Waals surface area (Å²) < 4.78 is 0.493. The Balaban J connectivity index is 1.13. The molecule has 0 unspecified atom stereocenters. The molecule has 6 rings (SSSR count). The minimum atomic E-state index is -1.25. The number of nitrogens with zero attached hydrogens (tertiary/aromatic N) is 4. The zero-order valence-electron chi connectivity index (χ0n) is 28.6. The Bertz CT molecular complexity index is 2080. The molecule has 54 heavy (non-hydrogen) atoms. The van der Waals surface area contributed by atoms with E-state index in [1.165, 1.54) is 46.3 Å². The molecule has 2 fully saturated rings. The Labute approximate surface area is 321 Å². The molecule has 16 nitrogen and oxygen atoms in total. The lowest BCUT2D eigenvalue weighted by Crippen LogP contribution is -2.63. The van der Waals surface area contributed by atoms with Gasteiger partial charge in [0, 0.05) is 36.0 Å². The highest BCUT2D eigenvalue weighted by Gasteiger charge is 2.55. The van der Waals surface area contributed by atoms with Gasteiger partial charge in [0.15, 0.2) is 28.1 Å². The van der Waals surface area contributed by atoms with E-state index in [1.807, 2.05) is 0 Å². The van der Waals surface area contributed by atoms with Crippen molar-refractivity contribution in [2.45, 2.75) is 31.2 Å². The molecule has 0 saturated carbocycles. The molecule has 0 aliphatic carbocycles. The summed E-state index contributed by atoms with van der Waals surface area (Å²) in [5, 5.41) is 46.9. The van der Waals surface area contributed by atoms with Crippen molar-refractivity contribution in [1.29, 1.82) is 0 Å². The van der Waals surface area contributed by atoms with Crippen molar-refractivity contribution in [3.05, 3.63) is 80.5 Å². The average molecular weight is 800 g/mol. The first-order chi connectivity index (χ1) is 25.8. The fourth-order valence-electron chi connectivity index (χ4n) is 6.94. The smallest absolute Gasteiger partial charge is 0.352 e. The minimum Gasteiger partial charge on any atom is -0.504 e. The van der Waals surface area contributed by atoms with E-state index in [0.717, 1.165) is 37.3 Å². The number of Topliss-reactive ketones (excluding diaryl/α,β-unsaturated/α-hetero) is 1. The number of likely N-dealkylation sites (tertiary alicyclic amines) is 1. The summed E-state index contributed by atoms with van der Waals surface area (Å²) in [5.74, 6) is -5.51. The number of phenols is 2. The number of nitrogens with two attached hydrogens (primary N) is 1. The molecule has 2 aromatic carbocycles. The number of carboxylic acid groups (broad SMARTS) is 2. The van der Waals surface area contributed by atoms with Crippen LogP contribution in [0, 0.1) is 5.92 Å². The first-order valence-electron chi connectivity index (χ1n) is 16.8. The summed E-state index contributed by atoms with van der Waals surface area (Å²) in [4.78, 5) is 75.0. The third kappa shape index (κ3) is 8.01. The molecule has 3 aliphatic heterocycles. The predicted molar refractivity (Wildman–Crippen MR) is 198 cm³/mol. The number of anilines is 1. The SMILES string of the molecule is Nc1nc(/C(=N/OCc2cccc(C(=O)O)c2)C(=O)C[C@@H]2C(=O)N3C(C(=O)O)=C(C[N+]4(CCNC(=O)c5ccc(O)c(O)c5Cl)CCCC4)CS[C@H]23)cs1. The second-order valence-electron chi connectivity index (χ2n) is 13.1. The maximum atomic E-state index is 13.7. The standard InChI is InChI=1S/C35H35ClN6O10S2/c36-26-21(6-7-24(43)29(26)45)30(46)38-8-11-42(9-1-2-10-42)14-20-16-53-32-22(31(47)41(32)28(20)34(50)51)13-25(44)27(23-17-54-35(37)39-23)40-52-15-18-4-3-5-19(12-18)33(48)49/h3-7,12,17,22,32H,1-2,8-11,13-16H2,(H6-,37,38,39,40,43,44,45,46,48,49,50,51)/p+1/t22-,32-/m1/s1. The number of aromatic nitrogens is 1. The van der Waals surface area contributed by atoms with E-state index in [0.29, 0.717) is 34.5 Å². The predicted octanol–water partition coefficient (Wildman–Crippen LogP) is 3.28. The molecular formula is C35H36ClN6O10S2+. The van der Waals surface area contributed by atoms with Crippen LogP contribution >= 0.6 is 34.7 Å². The molecule has 7 N–H and O–H groups in total. The van der Waals surface area contributed by atoms with Crippen molar-refractivity contribution in [1.82, 2.24) is 15.2 Å². The lowest BCUT2D eigenvalue weighted by Gasteiger charge is -2.50. The van der Waals surface area contributed by atoms with Crippen LogP contribution < -0.4 is 11.1 Å². The number of carboxylic acids is 2. The summed E-state index contributed by atoms with van der Waals surface area (Å²) >= 11 is 8.52. The van der Waals surface area contributed by atoms with E-state index in [-0.39, 0.29) is 58.0 Å². The van der Waals surface area contributed by atoms with Gasteiger partial charge in [-0.2, -0.15) is 0 Å². The molecule has 0 radical (unpaired) electrons. The number of hydrogen-bond acceptors (Lipinski definition) is 13. The number of β-lactam (4-membered cyclic amide) rings is 1. The zero-order chi connectivity index (χ0) is 38.7. The van der Waals surface area contributed by atoms with Gasteiger partial charge >= 0.3 is 11.9 Å². The molecule has 3 aromatic rings. The normalized spacial score (nSPS) is 19.2. The number of nitrogens with one attached hydrogen (secondary N) is 1. The van der Waals surface area contributed by atoms with Gasteiger partial charge in [-0.3, -0.25) is 19.3 Å². The molecule has 0 spiro atoms. The number of quaternary nitrogens is 1. The number of thioether (sulfide) groups is 1. The highest BCUT2D eigenvalue weighted by Crippen LogP contribution is 2.46. The number of halogens is 1. The van der Waals surface area contributed by atoms with Crippen molar-refractivity contribution in [2.75, 3.05) is 44.2 Å². The first kappa shape index (κ1) is 38.6. The number of carbonyl (C=O) groups excluding carboxylic acids is 3. The largest absolute Gasteiger partial charge is 0.504 e. The molecule has 2 saturated heterocycles. The third-order valence-electron chi connectivity index (χ3n) is 9.61. The van der Waals surface area contributed by atoms with Crippen LogP contribution in [0.1, 0.15) is 51.2 Å². The fraction of sp³-hybridized carbons (Fsp3) is 0.343. The van der Waals surface area contributed by atoms with Crippen molar-refractivity contribution < 1.29 is 53.7 Å². The average Bonchev–Trinajstić information content (AvgIpc) is 3.79. The molecular weight excluding hydrogens is 764 g/mol. The zero-order valence-corrected chi connectivity index (χ0v) is 31.0. The number of benzene rings is 2. The van der Waals surface area contributed by atoms with E-state index in [4.69, 9.17) is 22.2 Å². The number of thiazole rings is 1. The fourth-order valence-corrected chi connectivity index (χ4v) is 9.14. The highest BCUT2D eigenvalue weighted by atomic mass is 35.5. The Kier molecular flexibility index (Phi) is 11.5. The van der Waals surface area contributed by atoms with Crippen LogP contribution in [-0.2, 0) is 25.8 Å². The summed E-state index contributed by atoms with van der Waals surface area (Å²) in [7, 11) is 0. The van der Waals surface area contributed by atoms with Gasteiger partial charge in [-0.1, -0.05) is 28.9 Å². The number of carbonyl (C=O) groups is 5. The Morgan fingerprint density at radius 2 is 1.87 bits per heavy atom. The number of phenolic OH excluding ortho intramolecular Hbond substituents is 2. The number of hydrogen-bond donors (Lipinski definition) is 6. The summed E-state index contributed by atoms with van der Waals surface area (Å²) in [6.07, 6.45) is 1.51. The quantitative estimate of drug-likeness (QED) is 0.0426. The van der Waals surface area contributed by atoms with Gasteiger partial charge in [-0.25, -0.2) is 14.6 Å². The number of aromatic hydroxyl groups is 2. The number of aliphatic carboxylic acids is 1. The highest BCUT2D eigenvalue weighted by molar-refractivity contribution is 8.00. The second-order valence-corrected chi connectivity index (χ2v) is 15.5. The summed E-state index contributed by atoms with van der Waals surface area (Å²) in [5.41, 5.74) is 6.83. The first-order valence-corrected chi connectivity index (χ1v) is 19.1. The number of fused-ring (bicyclic) bond motifs is 1. The maximum Gasteiger partial charge on any atom is 0.352 e. The van der Waals surface area contributed by atoms with Crippen LogP contribution in [0.5, 0.6) is 11.5 Å².